The molecule has 1 aliphatic rings. The van der Waals surface area contributed by atoms with Crippen molar-refractivity contribution >= 4 is 0 Å². The van der Waals surface area contributed by atoms with Gasteiger partial charge in [0.05, 0.1) is 13.2 Å². The molecule has 2 N–H and O–H groups in total. The van der Waals surface area contributed by atoms with Crippen molar-refractivity contribution in [2.24, 2.45) is 0 Å². The van der Waals surface area contributed by atoms with Gasteiger partial charge in [0.25, 0.3) is 0 Å². The second kappa shape index (κ2) is 5.66. The predicted molar refractivity (Wildman–Crippen MR) is 80.9 cm³/mol. The lowest BCUT2D eigenvalue weighted by Gasteiger charge is -2.20. The number of para-hydroxylation sites is 1. The van der Waals surface area contributed by atoms with Crippen LogP contribution in [0, 0.1) is 0 Å². The molecule has 0 saturated heterocycles. The molecule has 1 heterocycles. The summed E-state index contributed by atoms with van der Waals surface area (Å²) in [5.74, 6) is 1.82. The number of aromatic hydroxyl groups is 1. The van der Waals surface area contributed by atoms with Crippen LogP contribution in [0.1, 0.15) is 30.1 Å². The summed E-state index contributed by atoms with van der Waals surface area (Å²) in [7, 11) is 1.59. The third-order valence-corrected chi connectivity index (χ3v) is 3.86. The summed E-state index contributed by atoms with van der Waals surface area (Å²) in [6, 6.07) is 13.5. The fourth-order valence-electron chi connectivity index (χ4n) is 2.71. The third kappa shape index (κ3) is 2.67. The van der Waals surface area contributed by atoms with Crippen LogP contribution >= 0.6 is 0 Å². The molecule has 4 nitrogen and oxygen atoms in total. The van der Waals surface area contributed by atoms with Crippen LogP contribution in [0.4, 0.5) is 0 Å². The quantitative estimate of drug-likeness (QED) is 0.906. The third-order valence-electron chi connectivity index (χ3n) is 3.86. The van der Waals surface area contributed by atoms with Gasteiger partial charge in [-0.2, -0.15) is 0 Å². The van der Waals surface area contributed by atoms with Crippen LogP contribution < -0.4 is 14.8 Å². The van der Waals surface area contributed by atoms with Gasteiger partial charge in [-0.3, -0.25) is 0 Å². The predicted octanol–water partition coefficient (Wildman–Crippen LogP) is 3.19. The maximum atomic E-state index is 10.1. The highest BCUT2D eigenvalue weighted by Crippen LogP contribution is 2.35. The average Bonchev–Trinajstić information content (AvgIpc) is 2.90. The van der Waals surface area contributed by atoms with Crippen LogP contribution in [-0.2, 0) is 0 Å². The van der Waals surface area contributed by atoms with Crippen molar-refractivity contribution in [1.29, 1.82) is 0 Å². The molecule has 3 rings (SSSR count). The van der Waals surface area contributed by atoms with E-state index in [1.807, 2.05) is 37.3 Å². The van der Waals surface area contributed by atoms with Crippen LogP contribution in [0.3, 0.4) is 0 Å². The summed E-state index contributed by atoms with van der Waals surface area (Å²) >= 11 is 0. The summed E-state index contributed by atoms with van der Waals surface area (Å²) in [5, 5.41) is 13.6. The van der Waals surface area contributed by atoms with E-state index in [9.17, 15) is 5.11 Å². The second-order valence-electron chi connectivity index (χ2n) is 5.21. The molecule has 0 amide bonds. The molecule has 0 fully saturated rings. The maximum absolute atomic E-state index is 10.1. The van der Waals surface area contributed by atoms with Gasteiger partial charge in [0.2, 0.25) is 0 Å². The molecule has 0 aromatic heterocycles. The Labute approximate surface area is 124 Å². The summed E-state index contributed by atoms with van der Waals surface area (Å²) < 4.78 is 10.8. The number of phenols is 1. The Balaban J connectivity index is 1.77. The lowest BCUT2D eigenvalue weighted by atomic mass is 10.0. The molecule has 2 aromatic carbocycles. The minimum absolute atomic E-state index is 0.00987. The van der Waals surface area contributed by atoms with E-state index < -0.39 is 0 Å². The van der Waals surface area contributed by atoms with Gasteiger partial charge in [0.15, 0.2) is 0 Å². The van der Waals surface area contributed by atoms with Crippen LogP contribution in [0.5, 0.6) is 17.2 Å². The van der Waals surface area contributed by atoms with Crippen molar-refractivity contribution in [1.82, 2.24) is 5.32 Å². The van der Waals surface area contributed by atoms with Gasteiger partial charge >= 0.3 is 0 Å². The number of ether oxygens (including phenoxy) is 2. The lowest BCUT2D eigenvalue weighted by molar-refractivity contribution is 0.299. The molecule has 0 saturated carbocycles. The number of rotatable bonds is 4. The molecule has 110 valence electrons. The molecule has 4 heteroatoms. The maximum Gasteiger partial charge on any atom is 0.124 e. The summed E-state index contributed by atoms with van der Waals surface area (Å²) in [6.07, 6.45) is 0. The van der Waals surface area contributed by atoms with E-state index in [-0.39, 0.29) is 17.8 Å². The van der Waals surface area contributed by atoms with E-state index in [0.29, 0.717) is 12.4 Å². The van der Waals surface area contributed by atoms with Gasteiger partial charge in [-0.25, -0.2) is 0 Å². The monoisotopic (exact) mass is 285 g/mol. The van der Waals surface area contributed by atoms with Crippen LogP contribution in [-0.4, -0.2) is 18.8 Å². The van der Waals surface area contributed by atoms with E-state index >= 15 is 0 Å². The van der Waals surface area contributed by atoms with Crippen molar-refractivity contribution in [2.75, 3.05) is 13.7 Å². The average molecular weight is 285 g/mol. The molecule has 1 aliphatic heterocycles. The Morgan fingerprint density at radius 1 is 1.29 bits per heavy atom. The van der Waals surface area contributed by atoms with E-state index in [1.54, 1.807) is 13.2 Å². The first-order chi connectivity index (χ1) is 10.2. The Hall–Kier alpha value is -2.20. The summed E-state index contributed by atoms with van der Waals surface area (Å²) in [5.41, 5.74) is 2.01. The zero-order valence-corrected chi connectivity index (χ0v) is 12.2. The van der Waals surface area contributed by atoms with E-state index in [1.165, 1.54) is 0 Å². The van der Waals surface area contributed by atoms with Gasteiger partial charge in [-0.05, 0) is 19.1 Å². The lowest BCUT2D eigenvalue weighted by Crippen LogP contribution is -2.25. The number of methoxy groups -OCH3 is 1. The van der Waals surface area contributed by atoms with Gasteiger partial charge in [-0.15, -0.1) is 0 Å². The van der Waals surface area contributed by atoms with Crippen molar-refractivity contribution in [3.63, 3.8) is 0 Å². The van der Waals surface area contributed by atoms with Crippen LogP contribution in [0.25, 0.3) is 0 Å². The first kappa shape index (κ1) is 13.8. The molecular weight excluding hydrogens is 266 g/mol. The highest BCUT2D eigenvalue weighted by molar-refractivity contribution is 5.42. The highest BCUT2D eigenvalue weighted by Gasteiger charge is 2.25. The standard InChI is InChI=1S/C17H19NO3/c1-11(13-8-7-12(20-2)9-16(13)19)18-15-10-21-17-6-4-3-5-14(15)17/h3-9,11,15,18-19H,10H2,1-2H3. The molecule has 0 radical (unpaired) electrons. The van der Waals surface area contributed by atoms with Crippen LogP contribution in [0.2, 0.25) is 0 Å². The van der Waals surface area contributed by atoms with Gasteiger partial charge in [0, 0.05) is 23.2 Å². The van der Waals surface area contributed by atoms with Gasteiger partial charge in [0.1, 0.15) is 23.9 Å². The number of nitrogens with one attached hydrogen (secondary N) is 1. The Bertz CT molecular complexity index is 642. The molecule has 0 aliphatic carbocycles. The summed E-state index contributed by atoms with van der Waals surface area (Å²) in [6.45, 7) is 2.64. The topological polar surface area (TPSA) is 50.7 Å². The Morgan fingerprint density at radius 3 is 2.86 bits per heavy atom. The SMILES string of the molecule is COc1ccc(C(C)NC2COc3ccccc32)c(O)c1. The van der Waals surface area contributed by atoms with E-state index in [4.69, 9.17) is 9.47 Å². The number of fused-ring (bicyclic) bond motifs is 1. The molecule has 0 spiro atoms. The fourth-order valence-corrected chi connectivity index (χ4v) is 2.71. The number of hydrogen-bond donors (Lipinski definition) is 2. The molecular formula is C17H19NO3. The second-order valence-corrected chi connectivity index (χ2v) is 5.21. The molecule has 0 bridgehead atoms. The van der Waals surface area contributed by atoms with Crippen molar-refractivity contribution in [3.8, 4) is 17.2 Å². The van der Waals surface area contributed by atoms with Crippen molar-refractivity contribution in [2.45, 2.75) is 19.0 Å². The fraction of sp³-hybridized carbons (Fsp3) is 0.294. The Kier molecular flexibility index (Phi) is 3.71. The highest BCUT2D eigenvalue weighted by atomic mass is 16.5. The zero-order valence-electron chi connectivity index (χ0n) is 12.2. The minimum atomic E-state index is 0.00987. The zero-order chi connectivity index (χ0) is 14.8. The number of phenolic OH excluding ortho intramolecular Hbond substituents is 1. The normalized spacial score (nSPS) is 17.9. The molecule has 2 unspecified atom stereocenters. The van der Waals surface area contributed by atoms with E-state index in [2.05, 4.69) is 11.4 Å². The minimum Gasteiger partial charge on any atom is -0.507 e. The number of benzene rings is 2. The van der Waals surface area contributed by atoms with Crippen molar-refractivity contribution in [3.05, 3.63) is 53.6 Å². The van der Waals surface area contributed by atoms with Crippen LogP contribution in [0.15, 0.2) is 42.5 Å². The van der Waals surface area contributed by atoms with Crippen molar-refractivity contribution < 1.29 is 14.6 Å². The smallest absolute Gasteiger partial charge is 0.124 e. The first-order valence-electron chi connectivity index (χ1n) is 7.03. The Morgan fingerprint density at radius 2 is 2.10 bits per heavy atom. The number of hydrogen-bond acceptors (Lipinski definition) is 4. The molecule has 21 heavy (non-hydrogen) atoms. The van der Waals surface area contributed by atoms with Gasteiger partial charge < -0.3 is 19.9 Å². The largest absolute Gasteiger partial charge is 0.507 e. The van der Waals surface area contributed by atoms with E-state index in [0.717, 1.165) is 16.9 Å². The van der Waals surface area contributed by atoms with Gasteiger partial charge in [-0.1, -0.05) is 24.3 Å². The molecule has 2 aromatic rings. The first-order valence-corrected chi connectivity index (χ1v) is 7.03. The summed E-state index contributed by atoms with van der Waals surface area (Å²) in [4.78, 5) is 0. The molecule has 2 atom stereocenters.